The van der Waals surface area contributed by atoms with Gasteiger partial charge in [0.1, 0.15) is 29.2 Å². The molecule has 0 aliphatic rings. The van der Waals surface area contributed by atoms with Crippen LogP contribution in [0.2, 0.25) is 0 Å². The topological polar surface area (TPSA) is 124 Å². The second kappa shape index (κ2) is 7.79. The van der Waals surface area contributed by atoms with Gasteiger partial charge < -0.3 is 20.3 Å². The Bertz CT molecular complexity index is 619. The number of amides is 1. The van der Waals surface area contributed by atoms with Gasteiger partial charge in [-0.3, -0.25) is 10.1 Å². The molecule has 8 heteroatoms. The van der Waals surface area contributed by atoms with Crippen LogP contribution in [0.3, 0.4) is 0 Å². The van der Waals surface area contributed by atoms with Crippen LogP contribution >= 0.6 is 0 Å². The molecule has 1 aromatic heterocycles. The number of nitrogens with two attached hydrogens (primary N) is 1. The summed E-state index contributed by atoms with van der Waals surface area (Å²) in [5.74, 6) is -0.699. The first kappa shape index (κ1) is 20.9. The van der Waals surface area contributed by atoms with Crippen LogP contribution in [0.15, 0.2) is 18.3 Å². The maximum absolute atomic E-state index is 12.1. The molecule has 0 aromatic carbocycles. The number of hydrogen-bond donors (Lipinski definition) is 3. The molecule has 0 unspecified atom stereocenters. The molecule has 25 heavy (non-hydrogen) atoms. The highest BCUT2D eigenvalue weighted by Gasteiger charge is 2.31. The number of esters is 1. The van der Waals surface area contributed by atoms with Gasteiger partial charge in [-0.25, -0.2) is 9.78 Å². The molecule has 1 heterocycles. The Labute approximate surface area is 147 Å². The summed E-state index contributed by atoms with van der Waals surface area (Å²) in [6.07, 6.45) is -0.707. The van der Waals surface area contributed by atoms with Crippen LogP contribution in [-0.2, 0) is 14.3 Å². The van der Waals surface area contributed by atoms with Gasteiger partial charge in [0.15, 0.2) is 0 Å². The van der Waals surface area contributed by atoms with E-state index >= 15 is 0 Å². The third-order valence-electron chi connectivity index (χ3n) is 2.80. The minimum atomic E-state index is -1.41. The van der Waals surface area contributed by atoms with Crippen molar-refractivity contribution in [2.75, 3.05) is 5.32 Å². The highest BCUT2D eigenvalue weighted by molar-refractivity contribution is 5.85. The van der Waals surface area contributed by atoms with Crippen LogP contribution in [0, 0.1) is 0 Å². The zero-order valence-electron chi connectivity index (χ0n) is 15.5. The van der Waals surface area contributed by atoms with Crippen LogP contribution in [0.5, 0.6) is 0 Å². The number of pyridine rings is 1. The van der Waals surface area contributed by atoms with Gasteiger partial charge in [-0.2, -0.15) is 0 Å². The van der Waals surface area contributed by atoms with E-state index in [1.165, 1.54) is 12.3 Å². The number of nitrogens with one attached hydrogen (secondary N) is 1. The monoisotopic (exact) mass is 353 g/mol. The van der Waals surface area contributed by atoms with Crippen LogP contribution in [0.1, 0.15) is 53.2 Å². The van der Waals surface area contributed by atoms with Crippen molar-refractivity contribution in [3.8, 4) is 0 Å². The number of aliphatic hydroxyl groups excluding tert-OH is 1. The Morgan fingerprint density at radius 2 is 1.72 bits per heavy atom. The number of rotatable bonds is 4. The van der Waals surface area contributed by atoms with Crippen molar-refractivity contribution in [3.63, 3.8) is 0 Å². The van der Waals surface area contributed by atoms with E-state index in [1.54, 1.807) is 47.6 Å². The van der Waals surface area contributed by atoms with Gasteiger partial charge in [0, 0.05) is 11.8 Å². The molecule has 0 aliphatic carbocycles. The van der Waals surface area contributed by atoms with Crippen molar-refractivity contribution in [1.29, 1.82) is 0 Å². The quantitative estimate of drug-likeness (QED) is 0.708. The number of hydrogen-bond acceptors (Lipinski definition) is 7. The third kappa shape index (κ3) is 7.06. The largest absolute Gasteiger partial charge is 0.459 e. The molecule has 2 atom stereocenters. The summed E-state index contributed by atoms with van der Waals surface area (Å²) in [6, 6.07) is 1.73. The molecule has 0 radical (unpaired) electrons. The SMILES string of the molecule is CC(C)(C)OC(=O)Nc1ncccc1[C@H](O)[C@@H](N)C(=O)OC(C)(C)C. The number of carbonyl (C=O) groups is 2. The number of aromatic nitrogens is 1. The lowest BCUT2D eigenvalue weighted by atomic mass is 10.0. The zero-order chi connectivity index (χ0) is 19.4. The lowest BCUT2D eigenvalue weighted by molar-refractivity contribution is -0.159. The fraction of sp³-hybridized carbons (Fsp3) is 0.588. The first-order valence-electron chi connectivity index (χ1n) is 7.91. The standard InChI is InChI=1S/C17H27N3O5/c1-16(2,3)24-14(22)11(18)12(21)10-8-7-9-19-13(10)20-15(23)25-17(4,5)6/h7-9,11-12,21H,18H2,1-6H3,(H,19,20,23)/t11-,12+/m1/s1. The van der Waals surface area contributed by atoms with Gasteiger partial charge in [-0.05, 0) is 47.6 Å². The zero-order valence-corrected chi connectivity index (χ0v) is 15.5. The Kier molecular flexibility index (Phi) is 6.50. The Morgan fingerprint density at radius 1 is 1.16 bits per heavy atom. The first-order chi connectivity index (χ1) is 11.3. The van der Waals surface area contributed by atoms with Crippen molar-refractivity contribution in [2.24, 2.45) is 5.73 Å². The summed E-state index contributed by atoms with van der Waals surface area (Å²) >= 11 is 0. The first-order valence-corrected chi connectivity index (χ1v) is 7.91. The maximum Gasteiger partial charge on any atom is 0.413 e. The second-order valence-corrected chi connectivity index (χ2v) is 7.57. The summed E-state index contributed by atoms with van der Waals surface area (Å²) in [6.45, 7) is 10.3. The number of ether oxygens (including phenoxy) is 2. The summed E-state index contributed by atoms with van der Waals surface area (Å²) in [5, 5.41) is 12.9. The van der Waals surface area contributed by atoms with Gasteiger partial charge in [0.25, 0.3) is 0 Å². The molecule has 0 fully saturated rings. The summed E-state index contributed by atoms with van der Waals surface area (Å²) < 4.78 is 10.3. The fourth-order valence-electron chi connectivity index (χ4n) is 1.85. The van der Waals surface area contributed by atoms with Crippen LogP contribution in [-0.4, -0.2) is 39.4 Å². The van der Waals surface area contributed by atoms with Gasteiger partial charge in [-0.1, -0.05) is 6.07 Å². The van der Waals surface area contributed by atoms with Crippen molar-refractivity contribution in [3.05, 3.63) is 23.9 Å². The highest BCUT2D eigenvalue weighted by atomic mass is 16.6. The highest BCUT2D eigenvalue weighted by Crippen LogP contribution is 2.24. The molecule has 8 nitrogen and oxygen atoms in total. The lowest BCUT2D eigenvalue weighted by Gasteiger charge is -2.25. The number of aliphatic hydroxyl groups is 1. The number of nitrogens with zero attached hydrogens (tertiary/aromatic N) is 1. The van der Waals surface area contributed by atoms with Crippen molar-refractivity contribution in [1.82, 2.24) is 4.98 Å². The maximum atomic E-state index is 12.1. The Hall–Kier alpha value is -2.19. The smallest absolute Gasteiger partial charge is 0.413 e. The lowest BCUT2D eigenvalue weighted by Crippen LogP contribution is -2.41. The Morgan fingerprint density at radius 3 is 2.24 bits per heavy atom. The Balaban J connectivity index is 2.94. The average molecular weight is 353 g/mol. The van der Waals surface area contributed by atoms with Crippen LogP contribution in [0.25, 0.3) is 0 Å². The van der Waals surface area contributed by atoms with Crippen LogP contribution in [0.4, 0.5) is 10.6 Å². The van der Waals surface area contributed by atoms with Gasteiger partial charge in [-0.15, -0.1) is 0 Å². The normalized spacial score (nSPS) is 14.4. The predicted octanol–water partition coefficient (Wildman–Crippen LogP) is 2.13. The number of anilines is 1. The van der Waals surface area contributed by atoms with E-state index in [9.17, 15) is 14.7 Å². The van der Waals surface area contributed by atoms with Gasteiger partial charge in [0.05, 0.1) is 0 Å². The van der Waals surface area contributed by atoms with E-state index in [1.807, 2.05) is 0 Å². The number of carbonyl (C=O) groups excluding carboxylic acids is 2. The van der Waals surface area contributed by atoms with E-state index in [2.05, 4.69) is 10.3 Å². The molecule has 4 N–H and O–H groups in total. The van der Waals surface area contributed by atoms with E-state index in [-0.39, 0.29) is 11.4 Å². The van der Waals surface area contributed by atoms with E-state index < -0.39 is 35.4 Å². The molecule has 0 spiro atoms. The molecule has 1 amide bonds. The summed E-state index contributed by atoms with van der Waals surface area (Å²) in [5.41, 5.74) is 4.57. The molecule has 1 rings (SSSR count). The molecule has 140 valence electrons. The van der Waals surface area contributed by atoms with Crippen molar-refractivity contribution in [2.45, 2.75) is 64.9 Å². The molecular formula is C17H27N3O5. The van der Waals surface area contributed by atoms with Crippen molar-refractivity contribution < 1.29 is 24.2 Å². The van der Waals surface area contributed by atoms with Gasteiger partial charge >= 0.3 is 12.1 Å². The second-order valence-electron chi connectivity index (χ2n) is 7.57. The van der Waals surface area contributed by atoms with E-state index in [0.29, 0.717) is 0 Å². The summed E-state index contributed by atoms with van der Waals surface area (Å²) in [7, 11) is 0. The molecular weight excluding hydrogens is 326 g/mol. The molecule has 0 saturated heterocycles. The summed E-state index contributed by atoms with van der Waals surface area (Å²) in [4.78, 5) is 28.0. The predicted molar refractivity (Wildman–Crippen MR) is 92.9 cm³/mol. The van der Waals surface area contributed by atoms with Crippen molar-refractivity contribution >= 4 is 17.9 Å². The minimum Gasteiger partial charge on any atom is -0.459 e. The molecule has 0 bridgehead atoms. The third-order valence-corrected chi connectivity index (χ3v) is 2.80. The molecule has 1 aromatic rings. The van der Waals surface area contributed by atoms with E-state index in [4.69, 9.17) is 15.2 Å². The average Bonchev–Trinajstić information content (AvgIpc) is 2.42. The molecule has 0 saturated carbocycles. The van der Waals surface area contributed by atoms with Gasteiger partial charge in [0.2, 0.25) is 0 Å². The molecule has 0 aliphatic heterocycles. The minimum absolute atomic E-state index is 0.0586. The van der Waals surface area contributed by atoms with Crippen LogP contribution < -0.4 is 11.1 Å². The van der Waals surface area contributed by atoms with E-state index in [0.717, 1.165) is 0 Å². The fourth-order valence-corrected chi connectivity index (χ4v) is 1.85.